The zero-order valence-corrected chi connectivity index (χ0v) is 11.7. The molecule has 1 aromatic carbocycles. The molecular formula is C15H17N5. The van der Waals surface area contributed by atoms with Crippen LogP contribution in [0.15, 0.2) is 36.5 Å². The number of hydrogen-bond acceptors (Lipinski definition) is 4. The van der Waals surface area contributed by atoms with Crippen molar-refractivity contribution in [1.82, 2.24) is 19.7 Å². The zero-order chi connectivity index (χ0) is 13.9. The summed E-state index contributed by atoms with van der Waals surface area (Å²) in [4.78, 5) is 4.34. The first-order chi connectivity index (χ1) is 9.83. The van der Waals surface area contributed by atoms with Crippen molar-refractivity contribution in [2.24, 2.45) is 0 Å². The van der Waals surface area contributed by atoms with E-state index in [0.717, 1.165) is 41.3 Å². The maximum absolute atomic E-state index is 4.34. The van der Waals surface area contributed by atoms with E-state index < -0.39 is 0 Å². The summed E-state index contributed by atoms with van der Waals surface area (Å²) in [6.45, 7) is 5.81. The van der Waals surface area contributed by atoms with Crippen molar-refractivity contribution < 1.29 is 0 Å². The number of hydrogen-bond donors (Lipinski definition) is 1. The quantitative estimate of drug-likeness (QED) is 0.789. The van der Waals surface area contributed by atoms with Crippen molar-refractivity contribution >= 4 is 16.9 Å². The molecule has 0 aliphatic rings. The normalized spacial score (nSPS) is 10.9. The molecule has 0 bridgehead atoms. The van der Waals surface area contributed by atoms with Crippen molar-refractivity contribution in [2.45, 2.75) is 20.4 Å². The standard InChI is InChI=1S/C15H17N5/c1-3-16-15-19-18-14(20(15)4-2)12-7-8-13-11(10-12)6-5-9-17-13/h5-10H,3-4H2,1-2H3,(H,16,19). The number of pyridine rings is 1. The molecule has 0 atom stereocenters. The molecule has 0 saturated heterocycles. The molecule has 0 saturated carbocycles. The molecule has 5 nitrogen and oxygen atoms in total. The molecule has 0 radical (unpaired) electrons. The summed E-state index contributed by atoms with van der Waals surface area (Å²) in [5, 5.41) is 12.9. The predicted octanol–water partition coefficient (Wildman–Crippen LogP) is 2.95. The smallest absolute Gasteiger partial charge is 0.224 e. The van der Waals surface area contributed by atoms with E-state index in [1.54, 1.807) is 6.20 Å². The fraction of sp³-hybridized carbons (Fsp3) is 0.267. The maximum Gasteiger partial charge on any atom is 0.224 e. The molecule has 3 rings (SSSR count). The van der Waals surface area contributed by atoms with Crippen molar-refractivity contribution in [2.75, 3.05) is 11.9 Å². The highest BCUT2D eigenvalue weighted by atomic mass is 15.3. The first-order valence-corrected chi connectivity index (χ1v) is 6.85. The van der Waals surface area contributed by atoms with Gasteiger partial charge in [-0.2, -0.15) is 0 Å². The number of nitrogens with zero attached hydrogens (tertiary/aromatic N) is 4. The number of rotatable bonds is 4. The zero-order valence-electron chi connectivity index (χ0n) is 11.7. The van der Waals surface area contributed by atoms with Crippen LogP contribution < -0.4 is 5.32 Å². The third-order valence-electron chi connectivity index (χ3n) is 3.26. The van der Waals surface area contributed by atoms with Crippen LogP contribution in [-0.4, -0.2) is 26.3 Å². The summed E-state index contributed by atoms with van der Waals surface area (Å²) in [6.07, 6.45) is 1.81. The summed E-state index contributed by atoms with van der Waals surface area (Å²) >= 11 is 0. The van der Waals surface area contributed by atoms with Crippen LogP contribution in [0.4, 0.5) is 5.95 Å². The van der Waals surface area contributed by atoms with E-state index >= 15 is 0 Å². The van der Waals surface area contributed by atoms with Crippen LogP contribution in [0.1, 0.15) is 13.8 Å². The number of anilines is 1. The van der Waals surface area contributed by atoms with Crippen LogP contribution in [0.5, 0.6) is 0 Å². The molecular weight excluding hydrogens is 250 g/mol. The van der Waals surface area contributed by atoms with Crippen LogP contribution >= 0.6 is 0 Å². The second-order valence-electron chi connectivity index (χ2n) is 4.53. The second-order valence-corrected chi connectivity index (χ2v) is 4.53. The Morgan fingerprint density at radius 3 is 2.85 bits per heavy atom. The number of nitrogens with one attached hydrogen (secondary N) is 1. The molecule has 0 unspecified atom stereocenters. The minimum Gasteiger partial charge on any atom is -0.355 e. The van der Waals surface area contributed by atoms with Crippen molar-refractivity contribution in [3.63, 3.8) is 0 Å². The Bertz CT molecular complexity index is 732. The van der Waals surface area contributed by atoms with Gasteiger partial charge in [-0.1, -0.05) is 6.07 Å². The van der Waals surface area contributed by atoms with Crippen LogP contribution in [0, 0.1) is 0 Å². The van der Waals surface area contributed by atoms with Crippen LogP contribution in [0.2, 0.25) is 0 Å². The fourth-order valence-electron chi connectivity index (χ4n) is 2.32. The fourth-order valence-corrected chi connectivity index (χ4v) is 2.32. The Morgan fingerprint density at radius 1 is 1.15 bits per heavy atom. The van der Waals surface area contributed by atoms with Crippen LogP contribution in [0.3, 0.4) is 0 Å². The van der Waals surface area contributed by atoms with Gasteiger partial charge in [0.2, 0.25) is 5.95 Å². The minimum atomic E-state index is 0.816. The lowest BCUT2D eigenvalue weighted by atomic mass is 10.1. The van der Waals surface area contributed by atoms with Crippen molar-refractivity contribution in [1.29, 1.82) is 0 Å². The first-order valence-electron chi connectivity index (χ1n) is 6.85. The summed E-state index contributed by atoms with van der Waals surface area (Å²) in [5.74, 6) is 1.70. The Balaban J connectivity index is 2.10. The molecule has 20 heavy (non-hydrogen) atoms. The van der Waals surface area contributed by atoms with Gasteiger partial charge >= 0.3 is 0 Å². The van der Waals surface area contributed by atoms with E-state index in [1.807, 2.05) is 18.2 Å². The van der Waals surface area contributed by atoms with E-state index in [9.17, 15) is 0 Å². The summed E-state index contributed by atoms with van der Waals surface area (Å²) in [6, 6.07) is 10.2. The highest BCUT2D eigenvalue weighted by Gasteiger charge is 2.12. The molecule has 2 heterocycles. The monoisotopic (exact) mass is 267 g/mol. The minimum absolute atomic E-state index is 0.816. The van der Waals surface area contributed by atoms with E-state index in [-0.39, 0.29) is 0 Å². The molecule has 0 aliphatic carbocycles. The molecule has 0 amide bonds. The van der Waals surface area contributed by atoms with E-state index in [0.29, 0.717) is 0 Å². The SMILES string of the molecule is CCNc1nnc(-c2ccc3ncccc3c2)n1CC. The van der Waals surface area contributed by atoms with Gasteiger partial charge in [0.05, 0.1) is 5.52 Å². The van der Waals surface area contributed by atoms with Crippen molar-refractivity contribution in [3.8, 4) is 11.4 Å². The molecule has 2 aromatic heterocycles. The third-order valence-corrected chi connectivity index (χ3v) is 3.26. The average molecular weight is 267 g/mol. The van der Waals surface area contributed by atoms with Gasteiger partial charge in [0, 0.05) is 30.2 Å². The molecule has 0 aliphatic heterocycles. The van der Waals surface area contributed by atoms with Crippen LogP contribution in [0.25, 0.3) is 22.3 Å². The molecule has 0 fully saturated rings. The lowest BCUT2D eigenvalue weighted by Gasteiger charge is -2.08. The summed E-state index contributed by atoms with van der Waals surface area (Å²) in [5.41, 5.74) is 2.05. The van der Waals surface area contributed by atoms with Gasteiger partial charge in [-0.05, 0) is 38.1 Å². The van der Waals surface area contributed by atoms with Crippen LogP contribution in [-0.2, 0) is 6.54 Å². The van der Waals surface area contributed by atoms with E-state index in [2.05, 4.69) is 51.0 Å². The molecule has 3 aromatic rings. The van der Waals surface area contributed by atoms with Gasteiger partial charge in [0.15, 0.2) is 5.82 Å². The number of fused-ring (bicyclic) bond motifs is 1. The highest BCUT2D eigenvalue weighted by Crippen LogP contribution is 2.24. The molecule has 1 N–H and O–H groups in total. The largest absolute Gasteiger partial charge is 0.355 e. The molecule has 102 valence electrons. The summed E-state index contributed by atoms with van der Waals surface area (Å²) in [7, 11) is 0. The van der Waals surface area contributed by atoms with Gasteiger partial charge in [-0.25, -0.2) is 0 Å². The van der Waals surface area contributed by atoms with Gasteiger partial charge in [0.25, 0.3) is 0 Å². The average Bonchev–Trinajstić information content (AvgIpc) is 2.90. The van der Waals surface area contributed by atoms with Crippen molar-refractivity contribution in [3.05, 3.63) is 36.5 Å². The van der Waals surface area contributed by atoms with E-state index in [4.69, 9.17) is 0 Å². The highest BCUT2D eigenvalue weighted by molar-refractivity contribution is 5.83. The topological polar surface area (TPSA) is 55.6 Å². The lowest BCUT2D eigenvalue weighted by molar-refractivity contribution is 0.770. The number of aromatic nitrogens is 4. The van der Waals surface area contributed by atoms with Gasteiger partial charge in [-0.3, -0.25) is 9.55 Å². The molecule has 0 spiro atoms. The maximum atomic E-state index is 4.34. The predicted molar refractivity (Wildman–Crippen MR) is 80.6 cm³/mol. The Hall–Kier alpha value is -2.43. The Morgan fingerprint density at radius 2 is 2.05 bits per heavy atom. The Labute approximate surface area is 117 Å². The first kappa shape index (κ1) is 12.6. The Kier molecular flexibility index (Phi) is 3.33. The van der Waals surface area contributed by atoms with Gasteiger partial charge in [0.1, 0.15) is 0 Å². The van der Waals surface area contributed by atoms with E-state index in [1.165, 1.54) is 0 Å². The summed E-state index contributed by atoms with van der Waals surface area (Å²) < 4.78 is 2.08. The van der Waals surface area contributed by atoms with Gasteiger partial charge < -0.3 is 5.32 Å². The second kappa shape index (κ2) is 5.28. The van der Waals surface area contributed by atoms with Gasteiger partial charge in [-0.15, -0.1) is 10.2 Å². The lowest BCUT2D eigenvalue weighted by Crippen LogP contribution is -2.06. The molecule has 5 heteroatoms. The number of benzene rings is 1. The third kappa shape index (κ3) is 2.11.